The van der Waals surface area contributed by atoms with Crippen molar-refractivity contribution in [2.45, 2.75) is 173 Å². The van der Waals surface area contributed by atoms with Gasteiger partial charge in [0.2, 0.25) is 0 Å². The van der Waals surface area contributed by atoms with Crippen LogP contribution in [0, 0.1) is 0 Å². The SMILES string of the molecule is CCCCCCCCCCCCCCCC(=O)OC[C@H](COP(=O)(O)O)OC(=O)CCC[C@H](O)[C@@H](O)/C=C/C=C/C=C\C=C\[C@@H](O)CCCCC. The molecule has 0 saturated carbocycles. The van der Waals surface area contributed by atoms with Crippen LogP contribution in [0.15, 0.2) is 48.6 Å². The van der Waals surface area contributed by atoms with Gasteiger partial charge in [0.05, 0.1) is 24.9 Å². The Bertz CT molecular complexity index is 1020. The Labute approximate surface area is 307 Å². The second kappa shape index (κ2) is 33.7. The Hall–Kier alpha value is -2.11. The van der Waals surface area contributed by atoms with Crippen molar-refractivity contribution in [3.8, 4) is 0 Å². The maximum Gasteiger partial charge on any atom is 0.469 e. The van der Waals surface area contributed by atoms with Crippen LogP contribution < -0.4 is 0 Å². The van der Waals surface area contributed by atoms with E-state index in [-0.39, 0.29) is 25.7 Å². The molecule has 296 valence electrons. The summed E-state index contributed by atoms with van der Waals surface area (Å²) in [5.41, 5.74) is 0. The molecule has 11 nitrogen and oxygen atoms in total. The highest BCUT2D eigenvalue weighted by molar-refractivity contribution is 7.46. The topological polar surface area (TPSA) is 180 Å². The highest BCUT2D eigenvalue weighted by Crippen LogP contribution is 2.36. The number of aliphatic hydroxyl groups excluding tert-OH is 3. The summed E-state index contributed by atoms with van der Waals surface area (Å²) in [6.07, 6.45) is 29.2. The third-order valence-corrected chi connectivity index (χ3v) is 8.70. The lowest BCUT2D eigenvalue weighted by Gasteiger charge is -2.19. The second-order valence-electron chi connectivity index (χ2n) is 13.1. The van der Waals surface area contributed by atoms with E-state index in [1.54, 1.807) is 42.5 Å². The van der Waals surface area contributed by atoms with Gasteiger partial charge in [-0.15, -0.1) is 0 Å². The summed E-state index contributed by atoms with van der Waals surface area (Å²) in [7, 11) is -4.85. The molecule has 0 bridgehead atoms. The molecule has 5 N–H and O–H groups in total. The lowest BCUT2D eigenvalue weighted by molar-refractivity contribution is -0.161. The zero-order chi connectivity index (χ0) is 38.0. The molecular formula is C39H69O11P. The van der Waals surface area contributed by atoms with E-state index in [4.69, 9.17) is 19.3 Å². The molecule has 0 aromatic carbocycles. The number of phosphoric acid groups is 1. The molecule has 0 aromatic heterocycles. The molecule has 0 aliphatic carbocycles. The third-order valence-electron chi connectivity index (χ3n) is 8.22. The van der Waals surface area contributed by atoms with Crippen LogP contribution in [-0.4, -0.2) is 74.7 Å². The minimum absolute atomic E-state index is 0.0906. The van der Waals surface area contributed by atoms with Gasteiger partial charge in [0.15, 0.2) is 6.10 Å². The molecule has 0 aliphatic rings. The van der Waals surface area contributed by atoms with Crippen molar-refractivity contribution >= 4 is 19.8 Å². The normalized spacial score (nSPS) is 14.9. The zero-order valence-corrected chi connectivity index (χ0v) is 32.2. The summed E-state index contributed by atoms with van der Waals surface area (Å²) < 4.78 is 26.1. The Morgan fingerprint density at radius 2 is 1.08 bits per heavy atom. The summed E-state index contributed by atoms with van der Waals surface area (Å²) in [5, 5.41) is 30.3. The number of allylic oxidation sites excluding steroid dienone is 6. The van der Waals surface area contributed by atoms with E-state index in [0.717, 1.165) is 44.9 Å². The number of hydrogen-bond donors (Lipinski definition) is 5. The number of rotatable bonds is 34. The molecule has 4 atom stereocenters. The molecule has 0 aromatic rings. The summed E-state index contributed by atoms with van der Waals surface area (Å²) in [4.78, 5) is 42.7. The molecule has 0 radical (unpaired) electrons. The summed E-state index contributed by atoms with van der Waals surface area (Å²) in [5.74, 6) is -1.22. The molecular weight excluding hydrogens is 675 g/mol. The van der Waals surface area contributed by atoms with Gasteiger partial charge in [-0.05, 0) is 25.7 Å². The van der Waals surface area contributed by atoms with Gasteiger partial charge in [0, 0.05) is 12.8 Å². The van der Waals surface area contributed by atoms with Crippen LogP contribution >= 0.6 is 7.82 Å². The fraction of sp³-hybridized carbons (Fsp3) is 0.744. The van der Waals surface area contributed by atoms with Crippen molar-refractivity contribution in [3.63, 3.8) is 0 Å². The van der Waals surface area contributed by atoms with Gasteiger partial charge in [0.25, 0.3) is 0 Å². The summed E-state index contributed by atoms with van der Waals surface area (Å²) >= 11 is 0. The first kappa shape index (κ1) is 48.9. The number of carbonyl (C=O) groups excluding carboxylic acids is 2. The average molecular weight is 745 g/mol. The van der Waals surface area contributed by atoms with Gasteiger partial charge in [-0.3, -0.25) is 14.1 Å². The Balaban J connectivity index is 4.34. The first-order chi connectivity index (χ1) is 24.5. The molecule has 0 heterocycles. The van der Waals surface area contributed by atoms with Gasteiger partial charge >= 0.3 is 19.8 Å². The van der Waals surface area contributed by atoms with E-state index >= 15 is 0 Å². The Morgan fingerprint density at radius 3 is 1.65 bits per heavy atom. The molecule has 0 saturated heterocycles. The molecule has 12 heteroatoms. The van der Waals surface area contributed by atoms with Crippen LogP contribution in [0.4, 0.5) is 0 Å². The highest BCUT2D eigenvalue weighted by Gasteiger charge is 2.23. The van der Waals surface area contributed by atoms with Crippen molar-refractivity contribution in [1.82, 2.24) is 0 Å². The van der Waals surface area contributed by atoms with Gasteiger partial charge < -0.3 is 34.6 Å². The second-order valence-corrected chi connectivity index (χ2v) is 14.4. The Kier molecular flexibility index (Phi) is 32.3. The van der Waals surface area contributed by atoms with E-state index in [9.17, 15) is 29.5 Å². The Morgan fingerprint density at radius 1 is 0.588 bits per heavy atom. The number of aliphatic hydroxyl groups is 3. The first-order valence-electron chi connectivity index (χ1n) is 19.3. The molecule has 0 fully saturated rings. The van der Waals surface area contributed by atoms with Crippen LogP contribution in [0.25, 0.3) is 0 Å². The summed E-state index contributed by atoms with van der Waals surface area (Å²) in [6.45, 7) is 3.28. The fourth-order valence-electron chi connectivity index (χ4n) is 5.17. The van der Waals surface area contributed by atoms with Crippen LogP contribution in [0.2, 0.25) is 0 Å². The van der Waals surface area contributed by atoms with Gasteiger partial charge in [-0.2, -0.15) is 0 Å². The monoisotopic (exact) mass is 744 g/mol. The maximum absolute atomic E-state index is 12.4. The van der Waals surface area contributed by atoms with E-state index in [1.807, 2.05) is 0 Å². The van der Waals surface area contributed by atoms with E-state index in [2.05, 4.69) is 18.4 Å². The minimum Gasteiger partial charge on any atom is -0.462 e. The maximum atomic E-state index is 12.4. The standard InChI is InChI=1S/C39H69O11P/c1-3-5-7-8-9-10-11-12-13-14-15-20-24-30-38(43)48-32-35(33-49-51(45,46)47)50-39(44)31-25-29-37(42)36(41)28-23-19-17-16-18-22-27-34(40)26-21-6-4-2/h16-19,22-23,27-28,34-37,40-42H,3-15,20-21,24-26,29-33H2,1-2H3,(H2,45,46,47)/b18-16-,19-17+,27-22+,28-23+/t34-,35+,36-,37-/m0/s1. The quantitative estimate of drug-likeness (QED) is 0.0186. The molecule has 51 heavy (non-hydrogen) atoms. The number of esters is 2. The largest absolute Gasteiger partial charge is 0.469 e. The van der Waals surface area contributed by atoms with Crippen molar-refractivity contribution < 1.29 is 53.3 Å². The van der Waals surface area contributed by atoms with Gasteiger partial charge in [0.1, 0.15) is 6.61 Å². The van der Waals surface area contributed by atoms with E-state index in [0.29, 0.717) is 6.42 Å². The van der Waals surface area contributed by atoms with Crippen molar-refractivity contribution in [1.29, 1.82) is 0 Å². The lowest BCUT2D eigenvalue weighted by atomic mass is 10.0. The van der Waals surface area contributed by atoms with Crippen molar-refractivity contribution in [2.75, 3.05) is 13.2 Å². The lowest BCUT2D eigenvalue weighted by Crippen LogP contribution is -2.29. The van der Waals surface area contributed by atoms with Crippen LogP contribution in [0.3, 0.4) is 0 Å². The van der Waals surface area contributed by atoms with Crippen LogP contribution in [-0.2, 0) is 28.2 Å². The van der Waals surface area contributed by atoms with Crippen LogP contribution in [0.5, 0.6) is 0 Å². The highest BCUT2D eigenvalue weighted by atomic mass is 31.2. The summed E-state index contributed by atoms with van der Waals surface area (Å²) in [6, 6.07) is 0. The van der Waals surface area contributed by atoms with Gasteiger partial charge in [-0.25, -0.2) is 4.57 Å². The van der Waals surface area contributed by atoms with Crippen LogP contribution in [0.1, 0.15) is 149 Å². The average Bonchev–Trinajstić information content (AvgIpc) is 3.08. The number of phosphoric ester groups is 1. The van der Waals surface area contributed by atoms with E-state index < -0.39 is 57.4 Å². The minimum atomic E-state index is -4.85. The van der Waals surface area contributed by atoms with E-state index in [1.165, 1.54) is 63.9 Å². The molecule has 0 unspecified atom stereocenters. The number of ether oxygens (including phenoxy) is 2. The fourth-order valence-corrected chi connectivity index (χ4v) is 5.53. The third kappa shape index (κ3) is 34.7. The number of hydrogen-bond acceptors (Lipinski definition) is 9. The van der Waals surface area contributed by atoms with Crippen molar-refractivity contribution in [2.24, 2.45) is 0 Å². The number of carbonyl (C=O) groups is 2. The predicted molar refractivity (Wildman–Crippen MR) is 202 cm³/mol. The molecule has 0 amide bonds. The molecule has 0 aliphatic heterocycles. The predicted octanol–water partition coefficient (Wildman–Crippen LogP) is 8.09. The smallest absolute Gasteiger partial charge is 0.462 e. The molecule has 0 spiro atoms. The van der Waals surface area contributed by atoms with Gasteiger partial charge in [-0.1, -0.05) is 159 Å². The zero-order valence-electron chi connectivity index (χ0n) is 31.3. The first-order valence-corrected chi connectivity index (χ1v) is 20.8. The number of unbranched alkanes of at least 4 members (excludes halogenated alkanes) is 14. The molecule has 0 rings (SSSR count). The van der Waals surface area contributed by atoms with Crippen molar-refractivity contribution in [3.05, 3.63) is 48.6 Å².